The van der Waals surface area contributed by atoms with Crippen LogP contribution in [0.15, 0.2) is 12.2 Å². The number of hydrogen-bond acceptors (Lipinski definition) is 1. The number of allylic oxidation sites excluding steroid dienone is 2. The largest absolute Gasteiger partial charge is 0.198 e. The predicted octanol–water partition coefficient (Wildman–Crippen LogP) is 6.79. The molecular formula is C19H35N. The zero-order chi connectivity index (χ0) is 14.9. The van der Waals surface area contributed by atoms with E-state index in [1.807, 2.05) is 0 Å². The van der Waals surface area contributed by atoms with Crippen LogP contribution in [0.4, 0.5) is 0 Å². The summed E-state index contributed by atoms with van der Waals surface area (Å²) in [5.74, 6) is 0.850. The number of unbranched alkanes of at least 4 members (excludes halogenated alkanes) is 9. The van der Waals surface area contributed by atoms with Crippen LogP contribution in [-0.2, 0) is 0 Å². The van der Waals surface area contributed by atoms with Crippen molar-refractivity contribution >= 4 is 0 Å². The molecule has 0 saturated carbocycles. The van der Waals surface area contributed by atoms with Crippen LogP contribution < -0.4 is 0 Å². The summed E-state index contributed by atoms with van der Waals surface area (Å²) in [5.41, 5.74) is 0. The smallest absolute Gasteiger partial charge is 0.0621 e. The molecule has 0 rings (SSSR count). The van der Waals surface area contributed by atoms with Crippen LogP contribution in [-0.4, -0.2) is 0 Å². The minimum atomic E-state index is 0.728. The van der Waals surface area contributed by atoms with E-state index in [1.165, 1.54) is 70.6 Å². The maximum Gasteiger partial charge on any atom is 0.0621 e. The first-order valence-electron chi connectivity index (χ1n) is 8.83. The van der Waals surface area contributed by atoms with Gasteiger partial charge >= 0.3 is 0 Å². The van der Waals surface area contributed by atoms with Crippen molar-refractivity contribution in [3.63, 3.8) is 0 Å². The molecule has 116 valence electrons. The van der Waals surface area contributed by atoms with Crippen molar-refractivity contribution in [2.45, 2.75) is 97.3 Å². The molecule has 0 aliphatic heterocycles. The van der Waals surface area contributed by atoms with Crippen LogP contribution in [0.25, 0.3) is 0 Å². The Bertz CT molecular complexity index is 249. The molecule has 1 unspecified atom stereocenters. The van der Waals surface area contributed by atoms with Crippen molar-refractivity contribution in [1.82, 2.24) is 0 Å². The maximum absolute atomic E-state index is 8.43. The van der Waals surface area contributed by atoms with Crippen LogP contribution in [0.1, 0.15) is 97.3 Å². The summed E-state index contributed by atoms with van der Waals surface area (Å²) in [7, 11) is 0. The number of hydrogen-bond donors (Lipinski definition) is 0. The molecule has 1 heteroatoms. The number of nitrogens with zero attached hydrogens (tertiary/aromatic N) is 1. The van der Waals surface area contributed by atoms with E-state index >= 15 is 0 Å². The highest BCUT2D eigenvalue weighted by Crippen LogP contribution is 2.15. The van der Waals surface area contributed by atoms with Gasteiger partial charge in [0, 0.05) is 6.42 Å². The first-order valence-corrected chi connectivity index (χ1v) is 8.83. The lowest BCUT2D eigenvalue weighted by molar-refractivity contribution is 0.489. The van der Waals surface area contributed by atoms with Gasteiger partial charge < -0.3 is 0 Å². The molecule has 0 aromatic carbocycles. The van der Waals surface area contributed by atoms with E-state index in [2.05, 4.69) is 32.1 Å². The van der Waals surface area contributed by atoms with Gasteiger partial charge in [-0.05, 0) is 31.6 Å². The van der Waals surface area contributed by atoms with Gasteiger partial charge in [-0.1, -0.05) is 77.4 Å². The van der Waals surface area contributed by atoms with Crippen molar-refractivity contribution in [3.05, 3.63) is 12.2 Å². The highest BCUT2D eigenvalue weighted by Gasteiger charge is 1.99. The van der Waals surface area contributed by atoms with Crippen molar-refractivity contribution in [2.75, 3.05) is 0 Å². The van der Waals surface area contributed by atoms with E-state index in [9.17, 15) is 0 Å². The molecule has 1 nitrogen and oxygen atoms in total. The molecule has 0 aliphatic rings. The van der Waals surface area contributed by atoms with E-state index in [0.717, 1.165) is 18.8 Å². The van der Waals surface area contributed by atoms with E-state index in [0.29, 0.717) is 0 Å². The summed E-state index contributed by atoms with van der Waals surface area (Å²) in [6.45, 7) is 4.66. The Kier molecular flexibility index (Phi) is 15.7. The average Bonchev–Trinajstić information content (AvgIpc) is 2.45. The van der Waals surface area contributed by atoms with Gasteiger partial charge in [0.2, 0.25) is 0 Å². The topological polar surface area (TPSA) is 23.8 Å². The average molecular weight is 277 g/mol. The van der Waals surface area contributed by atoms with Gasteiger partial charge in [-0.3, -0.25) is 0 Å². The lowest BCUT2D eigenvalue weighted by Crippen LogP contribution is -1.92. The summed E-state index contributed by atoms with van der Waals surface area (Å²) < 4.78 is 0. The standard InChI is InChI=1S/C19H35N/c1-3-4-5-10-13-16-19(2)17-14-11-8-6-7-9-12-15-18-20/h11,14,19H,3-10,12-13,15-17H2,1-2H3/b14-11-. The summed E-state index contributed by atoms with van der Waals surface area (Å²) >= 11 is 0. The predicted molar refractivity (Wildman–Crippen MR) is 89.6 cm³/mol. The van der Waals surface area contributed by atoms with Crippen molar-refractivity contribution < 1.29 is 0 Å². The highest BCUT2D eigenvalue weighted by atomic mass is 14.2. The fraction of sp³-hybridized carbons (Fsp3) is 0.842. The molecule has 0 radical (unpaired) electrons. The van der Waals surface area contributed by atoms with Gasteiger partial charge in [-0.25, -0.2) is 0 Å². The summed E-state index contributed by atoms with van der Waals surface area (Å²) in [4.78, 5) is 0. The lowest BCUT2D eigenvalue weighted by atomic mass is 9.99. The van der Waals surface area contributed by atoms with Gasteiger partial charge in [0.05, 0.1) is 6.07 Å². The molecule has 0 spiro atoms. The van der Waals surface area contributed by atoms with Crippen LogP contribution in [0.5, 0.6) is 0 Å². The Morgan fingerprint density at radius 1 is 0.900 bits per heavy atom. The van der Waals surface area contributed by atoms with E-state index < -0.39 is 0 Å². The molecule has 0 bridgehead atoms. The zero-order valence-corrected chi connectivity index (χ0v) is 13.9. The van der Waals surface area contributed by atoms with Crippen LogP contribution in [0.2, 0.25) is 0 Å². The monoisotopic (exact) mass is 277 g/mol. The Hall–Kier alpha value is -0.770. The van der Waals surface area contributed by atoms with E-state index in [1.54, 1.807) is 0 Å². The third-order valence-corrected chi connectivity index (χ3v) is 3.91. The Morgan fingerprint density at radius 3 is 2.35 bits per heavy atom. The molecule has 20 heavy (non-hydrogen) atoms. The summed E-state index contributed by atoms with van der Waals surface area (Å²) in [6, 6.07) is 2.21. The molecule has 0 amide bonds. The molecule has 0 saturated heterocycles. The molecule has 0 aromatic heterocycles. The van der Waals surface area contributed by atoms with Crippen LogP contribution in [0, 0.1) is 17.2 Å². The van der Waals surface area contributed by atoms with Gasteiger partial charge in [0.15, 0.2) is 0 Å². The third-order valence-electron chi connectivity index (χ3n) is 3.91. The minimum Gasteiger partial charge on any atom is -0.198 e. The second kappa shape index (κ2) is 16.3. The first kappa shape index (κ1) is 19.2. The maximum atomic E-state index is 8.43. The molecular weight excluding hydrogens is 242 g/mol. The van der Waals surface area contributed by atoms with Crippen LogP contribution in [0.3, 0.4) is 0 Å². The second-order valence-electron chi connectivity index (χ2n) is 6.13. The molecule has 0 heterocycles. The molecule has 0 aromatic rings. The van der Waals surface area contributed by atoms with Gasteiger partial charge in [-0.2, -0.15) is 5.26 Å². The number of nitriles is 1. The van der Waals surface area contributed by atoms with Crippen molar-refractivity contribution in [3.8, 4) is 6.07 Å². The van der Waals surface area contributed by atoms with E-state index in [-0.39, 0.29) is 0 Å². The van der Waals surface area contributed by atoms with Gasteiger partial charge in [0.25, 0.3) is 0 Å². The Balaban J connectivity index is 3.26. The number of rotatable bonds is 14. The van der Waals surface area contributed by atoms with Gasteiger partial charge in [-0.15, -0.1) is 0 Å². The third kappa shape index (κ3) is 15.3. The second-order valence-corrected chi connectivity index (χ2v) is 6.13. The quantitative estimate of drug-likeness (QED) is 0.253. The molecule has 0 fully saturated rings. The van der Waals surface area contributed by atoms with Crippen molar-refractivity contribution in [2.24, 2.45) is 5.92 Å². The van der Waals surface area contributed by atoms with Crippen LogP contribution >= 0.6 is 0 Å². The Morgan fingerprint density at radius 2 is 1.60 bits per heavy atom. The van der Waals surface area contributed by atoms with Crippen molar-refractivity contribution in [1.29, 1.82) is 5.26 Å². The zero-order valence-electron chi connectivity index (χ0n) is 13.9. The minimum absolute atomic E-state index is 0.728. The van der Waals surface area contributed by atoms with Gasteiger partial charge in [0.1, 0.15) is 0 Å². The molecule has 0 aliphatic carbocycles. The fourth-order valence-electron chi connectivity index (χ4n) is 2.48. The fourth-order valence-corrected chi connectivity index (χ4v) is 2.48. The summed E-state index contributed by atoms with van der Waals surface area (Å²) in [6.07, 6.45) is 21.2. The Labute approximate surface area is 127 Å². The first-order chi connectivity index (χ1) is 9.81. The highest BCUT2D eigenvalue weighted by molar-refractivity contribution is 4.83. The molecule has 0 N–H and O–H groups in total. The normalized spacial score (nSPS) is 12.7. The molecule has 1 atom stereocenters. The SMILES string of the molecule is CCCCCCCC(C)C/C=C\CCCCCCC#N. The lowest BCUT2D eigenvalue weighted by Gasteiger charge is -2.08. The summed E-state index contributed by atoms with van der Waals surface area (Å²) in [5, 5.41) is 8.43. The van der Waals surface area contributed by atoms with E-state index in [4.69, 9.17) is 5.26 Å².